The van der Waals surface area contributed by atoms with Gasteiger partial charge < -0.3 is 34.9 Å². The molecular weight excluding hydrogens is 632 g/mol. The first-order valence-electron chi connectivity index (χ1n) is 16.7. The predicted molar refractivity (Wildman–Crippen MR) is 193 cm³/mol. The highest BCUT2D eigenvalue weighted by Gasteiger charge is 2.58. The lowest BCUT2D eigenvalue weighted by Crippen LogP contribution is -2.25. The molecule has 50 heavy (non-hydrogen) atoms. The Bertz CT molecular complexity index is 1980. The number of carbonyl (C=O) groups is 1. The number of rotatable bonds is 12. The van der Waals surface area contributed by atoms with Crippen LogP contribution in [0.15, 0.2) is 73.2 Å². The maximum absolute atomic E-state index is 13.3. The predicted octanol–water partition coefficient (Wildman–Crippen LogP) is 6.16. The number of nitrogens with zero attached hydrogens (tertiary/aromatic N) is 4. The highest BCUT2D eigenvalue weighted by atomic mass is 16.5. The van der Waals surface area contributed by atoms with Crippen LogP contribution in [0.1, 0.15) is 29.5 Å². The lowest BCUT2D eigenvalue weighted by Gasteiger charge is -2.28. The second-order valence-corrected chi connectivity index (χ2v) is 13.1. The van der Waals surface area contributed by atoms with Crippen LogP contribution in [0.25, 0.3) is 22.0 Å². The molecule has 3 N–H and O–H groups in total. The number of nitrogens with one attached hydrogen (secondary N) is 1. The summed E-state index contributed by atoms with van der Waals surface area (Å²) in [7, 11) is 6.57. The normalized spacial score (nSPS) is 19.1. The second kappa shape index (κ2) is 13.8. The lowest BCUT2D eigenvalue weighted by molar-refractivity contribution is -0.118. The molecule has 2 atom stereocenters. The first kappa shape index (κ1) is 33.1. The SMILES string of the molecule is COc1ccc(CN(Cc2ccc(OC)cc2OC)c2nc(-c3cnccc3C)cc3cc(NC(=O)C4C5CC(N)CC54)ncc23)c(OC)c1. The minimum Gasteiger partial charge on any atom is -0.497 e. The Hall–Kier alpha value is -5.42. The summed E-state index contributed by atoms with van der Waals surface area (Å²) in [5, 5.41) is 4.80. The number of benzene rings is 2. The summed E-state index contributed by atoms with van der Waals surface area (Å²) in [6.45, 7) is 2.91. The van der Waals surface area contributed by atoms with Gasteiger partial charge in [0.2, 0.25) is 5.91 Å². The van der Waals surface area contributed by atoms with Gasteiger partial charge in [0.15, 0.2) is 0 Å². The van der Waals surface area contributed by atoms with Gasteiger partial charge in [0, 0.05) is 77.8 Å². The highest BCUT2D eigenvalue weighted by molar-refractivity contribution is 5.99. The van der Waals surface area contributed by atoms with E-state index >= 15 is 0 Å². The van der Waals surface area contributed by atoms with Gasteiger partial charge in [-0.15, -0.1) is 0 Å². The summed E-state index contributed by atoms with van der Waals surface area (Å²) in [5.41, 5.74) is 10.7. The zero-order chi connectivity index (χ0) is 34.9. The van der Waals surface area contributed by atoms with E-state index < -0.39 is 0 Å². The molecule has 0 aliphatic heterocycles. The molecule has 2 fully saturated rings. The maximum atomic E-state index is 13.3. The number of amides is 1. The van der Waals surface area contributed by atoms with Gasteiger partial charge in [-0.3, -0.25) is 9.78 Å². The van der Waals surface area contributed by atoms with Crippen molar-refractivity contribution in [3.63, 3.8) is 0 Å². The van der Waals surface area contributed by atoms with Gasteiger partial charge in [0.25, 0.3) is 0 Å². The molecule has 1 amide bonds. The van der Waals surface area contributed by atoms with E-state index in [4.69, 9.17) is 34.6 Å². The smallest absolute Gasteiger partial charge is 0.229 e. The molecular formula is C39H42N6O5. The second-order valence-electron chi connectivity index (χ2n) is 13.1. The third-order valence-corrected chi connectivity index (χ3v) is 10.1. The topological polar surface area (TPSA) is 134 Å². The van der Waals surface area contributed by atoms with Crippen molar-refractivity contribution in [3.05, 3.63) is 89.9 Å². The zero-order valence-electron chi connectivity index (χ0n) is 29.0. The zero-order valence-corrected chi connectivity index (χ0v) is 29.0. The number of methoxy groups -OCH3 is 4. The van der Waals surface area contributed by atoms with Crippen LogP contribution >= 0.6 is 0 Å². The van der Waals surface area contributed by atoms with Crippen LogP contribution < -0.4 is 34.9 Å². The average molecular weight is 675 g/mol. The summed E-state index contributed by atoms with van der Waals surface area (Å²) in [6, 6.07) is 17.7. The Kier molecular flexibility index (Phi) is 9.16. The van der Waals surface area contributed by atoms with Crippen molar-refractivity contribution in [2.45, 2.75) is 38.9 Å². The van der Waals surface area contributed by atoms with Gasteiger partial charge in [0.1, 0.15) is 34.6 Å². The van der Waals surface area contributed by atoms with Crippen LogP contribution in [-0.2, 0) is 17.9 Å². The molecule has 2 aliphatic carbocycles. The Balaban J connectivity index is 1.34. The number of ether oxygens (including phenoxy) is 4. The average Bonchev–Trinajstić information content (AvgIpc) is 3.66. The molecule has 2 unspecified atom stereocenters. The molecule has 2 saturated carbocycles. The van der Waals surface area contributed by atoms with Crippen LogP contribution in [0.4, 0.5) is 11.6 Å². The van der Waals surface area contributed by atoms with Crippen molar-refractivity contribution < 1.29 is 23.7 Å². The number of aromatic nitrogens is 3. The lowest BCUT2D eigenvalue weighted by atomic mass is 10.0. The third kappa shape index (κ3) is 6.48. The molecule has 5 aromatic rings. The molecule has 3 aromatic heterocycles. The standard InChI is InChI=1S/C39H42N6O5/c1-22-10-11-41-18-31(22)33-12-25-13-36(44-39(46)37-29-14-26(40)15-30(29)37)42-19-32(25)38(43-33)45(20-23-6-8-27(47-2)16-34(23)49-4)21-24-7-9-28(48-3)17-35(24)50-5/h6-13,16-19,26,29-30,37H,14-15,20-21,40H2,1-5H3,(H,42,44,46). The summed E-state index contributed by atoms with van der Waals surface area (Å²) in [6.07, 6.45) is 7.21. The molecule has 0 radical (unpaired) electrons. The fourth-order valence-electron chi connectivity index (χ4n) is 7.37. The van der Waals surface area contributed by atoms with Crippen molar-refractivity contribution in [1.29, 1.82) is 0 Å². The molecule has 0 bridgehead atoms. The Labute approximate surface area is 291 Å². The first-order valence-corrected chi connectivity index (χ1v) is 16.7. The number of carbonyl (C=O) groups excluding carboxylic acids is 1. The van der Waals surface area contributed by atoms with E-state index in [-0.39, 0.29) is 17.9 Å². The molecule has 2 aliphatic rings. The minimum absolute atomic E-state index is 0.00310. The van der Waals surface area contributed by atoms with Gasteiger partial charge >= 0.3 is 0 Å². The third-order valence-electron chi connectivity index (χ3n) is 10.1. The molecule has 0 spiro atoms. The highest BCUT2D eigenvalue weighted by Crippen LogP contribution is 2.57. The van der Waals surface area contributed by atoms with Crippen LogP contribution in [0.3, 0.4) is 0 Å². The van der Waals surface area contributed by atoms with Gasteiger partial charge in [0.05, 0.1) is 34.1 Å². The van der Waals surface area contributed by atoms with Crippen molar-refractivity contribution in [1.82, 2.24) is 15.0 Å². The molecule has 258 valence electrons. The van der Waals surface area contributed by atoms with Crippen molar-refractivity contribution in [2.75, 3.05) is 38.7 Å². The van der Waals surface area contributed by atoms with Crippen LogP contribution in [0.2, 0.25) is 0 Å². The van der Waals surface area contributed by atoms with E-state index in [2.05, 4.69) is 15.2 Å². The fraction of sp³-hybridized carbons (Fsp3) is 0.333. The summed E-state index contributed by atoms with van der Waals surface area (Å²) < 4.78 is 22.6. The number of hydrogen-bond acceptors (Lipinski definition) is 10. The number of hydrogen-bond donors (Lipinski definition) is 2. The van der Waals surface area contributed by atoms with E-state index in [0.717, 1.165) is 51.6 Å². The molecule has 11 heteroatoms. The number of aryl methyl sites for hydroxylation is 1. The summed E-state index contributed by atoms with van der Waals surface area (Å²) >= 11 is 0. The van der Waals surface area contributed by atoms with E-state index in [9.17, 15) is 4.79 Å². The monoisotopic (exact) mass is 674 g/mol. The van der Waals surface area contributed by atoms with Crippen LogP contribution in [0.5, 0.6) is 23.0 Å². The molecule has 11 nitrogen and oxygen atoms in total. The maximum Gasteiger partial charge on any atom is 0.229 e. The van der Waals surface area contributed by atoms with Crippen molar-refractivity contribution in [3.8, 4) is 34.3 Å². The number of pyridine rings is 3. The molecule has 7 rings (SSSR count). The van der Waals surface area contributed by atoms with Gasteiger partial charge in [-0.2, -0.15) is 0 Å². The fourth-order valence-corrected chi connectivity index (χ4v) is 7.37. The quantitative estimate of drug-likeness (QED) is 0.158. The molecule has 2 aromatic carbocycles. The largest absolute Gasteiger partial charge is 0.497 e. The number of anilines is 2. The minimum atomic E-state index is 0.00310. The van der Waals surface area contributed by atoms with Gasteiger partial charge in [-0.05, 0) is 85.0 Å². The van der Waals surface area contributed by atoms with E-state index in [1.807, 2.05) is 67.7 Å². The number of fused-ring (bicyclic) bond motifs is 2. The summed E-state index contributed by atoms with van der Waals surface area (Å²) in [5.74, 6) is 4.74. The Morgan fingerprint density at radius 1 is 0.860 bits per heavy atom. The van der Waals surface area contributed by atoms with E-state index in [1.54, 1.807) is 40.8 Å². The van der Waals surface area contributed by atoms with Crippen LogP contribution in [0, 0.1) is 24.7 Å². The van der Waals surface area contributed by atoms with E-state index in [1.165, 1.54) is 0 Å². The van der Waals surface area contributed by atoms with Crippen LogP contribution in [-0.4, -0.2) is 55.3 Å². The molecule has 3 heterocycles. The van der Waals surface area contributed by atoms with E-state index in [0.29, 0.717) is 59.6 Å². The molecule has 0 saturated heterocycles. The summed E-state index contributed by atoms with van der Waals surface area (Å²) in [4.78, 5) is 29.9. The van der Waals surface area contributed by atoms with Gasteiger partial charge in [-0.25, -0.2) is 9.97 Å². The first-order chi connectivity index (χ1) is 24.3. The van der Waals surface area contributed by atoms with Crippen molar-refractivity contribution >= 4 is 28.3 Å². The van der Waals surface area contributed by atoms with Gasteiger partial charge in [-0.1, -0.05) is 0 Å². The van der Waals surface area contributed by atoms with Crippen molar-refractivity contribution in [2.24, 2.45) is 23.5 Å². The Morgan fingerprint density at radius 2 is 1.50 bits per heavy atom. The number of nitrogens with two attached hydrogens (primary N) is 1. The Morgan fingerprint density at radius 3 is 2.08 bits per heavy atom.